The minimum absolute atomic E-state index is 0.261. The Kier molecular flexibility index (Phi) is 3.55. The second-order valence-corrected chi connectivity index (χ2v) is 8.27. The van der Waals surface area contributed by atoms with Gasteiger partial charge in [-0.05, 0) is 91.9 Å². The van der Waals surface area contributed by atoms with Gasteiger partial charge in [-0.3, -0.25) is 4.79 Å². The molecule has 0 aromatic heterocycles. The van der Waals surface area contributed by atoms with Crippen LogP contribution in [0.3, 0.4) is 0 Å². The quantitative estimate of drug-likeness (QED) is 0.787. The van der Waals surface area contributed by atoms with Crippen LogP contribution in [-0.4, -0.2) is 12.9 Å². The van der Waals surface area contributed by atoms with Crippen molar-refractivity contribution in [2.24, 2.45) is 23.2 Å². The molecule has 2 fully saturated rings. The largest absolute Gasteiger partial charge is 0.497 e. The van der Waals surface area contributed by atoms with Gasteiger partial charge in [-0.25, -0.2) is 0 Å². The number of fused-ring (bicyclic) bond motifs is 5. The fourth-order valence-electron chi connectivity index (χ4n) is 6.35. The maximum absolute atomic E-state index is 12.1. The van der Waals surface area contributed by atoms with Crippen LogP contribution in [-0.2, 0) is 11.2 Å². The summed E-state index contributed by atoms with van der Waals surface area (Å²) in [6.45, 7) is 4.23. The highest BCUT2D eigenvalue weighted by Gasteiger charge is 2.55. The van der Waals surface area contributed by atoms with E-state index in [1.54, 1.807) is 12.7 Å². The summed E-state index contributed by atoms with van der Waals surface area (Å²) in [4.78, 5) is 12.1. The van der Waals surface area contributed by atoms with Gasteiger partial charge in [0.15, 0.2) is 0 Å². The van der Waals surface area contributed by atoms with Crippen molar-refractivity contribution >= 4 is 5.78 Å². The molecule has 3 aliphatic rings. The first kappa shape index (κ1) is 15.2. The Morgan fingerprint density at radius 3 is 2.78 bits per heavy atom. The summed E-state index contributed by atoms with van der Waals surface area (Å²) >= 11 is 0. The van der Waals surface area contributed by atoms with Crippen LogP contribution < -0.4 is 4.74 Å². The van der Waals surface area contributed by atoms with E-state index in [9.17, 15) is 4.79 Å². The number of Topliss-reactive ketones (excluding diaryl/α,β-unsaturated/α-hetero) is 1. The number of carbonyl (C=O) groups excluding carboxylic acids is 1. The van der Waals surface area contributed by atoms with Crippen LogP contribution in [0.1, 0.15) is 63.0 Å². The lowest BCUT2D eigenvalue weighted by Gasteiger charge is -2.50. The summed E-state index contributed by atoms with van der Waals surface area (Å²) in [5, 5.41) is 0. The predicted molar refractivity (Wildman–Crippen MR) is 91.8 cm³/mol. The normalized spacial score (nSPS) is 38.4. The van der Waals surface area contributed by atoms with Crippen molar-refractivity contribution < 1.29 is 9.53 Å². The molecular formula is C21H28O2. The molecule has 1 aromatic carbocycles. The molecule has 124 valence electrons. The molecule has 0 unspecified atom stereocenters. The minimum atomic E-state index is 0.261. The van der Waals surface area contributed by atoms with Crippen LogP contribution in [0, 0.1) is 23.2 Å². The van der Waals surface area contributed by atoms with Gasteiger partial charge in [0.2, 0.25) is 0 Å². The van der Waals surface area contributed by atoms with Gasteiger partial charge in [-0.1, -0.05) is 13.0 Å². The lowest BCUT2D eigenvalue weighted by atomic mass is 9.54. The van der Waals surface area contributed by atoms with E-state index in [0.717, 1.165) is 24.0 Å². The summed E-state index contributed by atoms with van der Waals surface area (Å²) in [5.41, 5.74) is 3.32. The van der Waals surface area contributed by atoms with Crippen LogP contribution in [0.25, 0.3) is 0 Å². The van der Waals surface area contributed by atoms with Crippen LogP contribution in [0.15, 0.2) is 18.2 Å². The zero-order valence-electron chi connectivity index (χ0n) is 14.6. The molecule has 4 rings (SSSR count). The van der Waals surface area contributed by atoms with E-state index in [4.69, 9.17) is 4.74 Å². The summed E-state index contributed by atoms with van der Waals surface area (Å²) in [7, 11) is 1.75. The lowest BCUT2D eigenvalue weighted by Crippen LogP contribution is -2.43. The molecule has 5 atom stereocenters. The van der Waals surface area contributed by atoms with Crippen molar-refractivity contribution in [2.75, 3.05) is 7.11 Å². The lowest BCUT2D eigenvalue weighted by molar-refractivity contribution is -0.125. The predicted octanol–water partition coefficient (Wildman–Crippen LogP) is 4.76. The molecule has 0 radical (unpaired) electrons. The molecule has 0 bridgehead atoms. The number of rotatable bonds is 2. The molecule has 0 saturated heterocycles. The fraction of sp³-hybridized carbons (Fsp3) is 0.667. The molecule has 0 spiro atoms. The summed E-state index contributed by atoms with van der Waals surface area (Å²) in [6.07, 6.45) is 7.30. The number of carbonyl (C=O) groups is 1. The number of benzene rings is 1. The Morgan fingerprint density at radius 2 is 2.04 bits per heavy atom. The fourth-order valence-corrected chi connectivity index (χ4v) is 6.35. The highest BCUT2D eigenvalue weighted by Crippen LogP contribution is 2.63. The zero-order valence-corrected chi connectivity index (χ0v) is 14.6. The standard InChI is InChI=1S/C21H28O2/c1-13(22)19-8-9-20-18-6-4-14-12-15(23-3)5-7-16(14)17(18)10-11-21(19,20)2/h5,7,12,17-20H,4,6,8-11H2,1-3H3/t17-,18-,19-,20+,21-/m1/s1. The van der Waals surface area contributed by atoms with E-state index in [-0.39, 0.29) is 5.41 Å². The van der Waals surface area contributed by atoms with Crippen LogP contribution >= 0.6 is 0 Å². The summed E-state index contributed by atoms with van der Waals surface area (Å²) in [5.74, 6) is 3.94. The topological polar surface area (TPSA) is 26.3 Å². The number of aryl methyl sites for hydroxylation is 1. The molecule has 2 saturated carbocycles. The van der Waals surface area contributed by atoms with Gasteiger partial charge in [0.25, 0.3) is 0 Å². The number of hydrogen-bond acceptors (Lipinski definition) is 2. The van der Waals surface area contributed by atoms with Gasteiger partial charge in [0.05, 0.1) is 7.11 Å². The molecule has 1 aromatic rings. The molecular weight excluding hydrogens is 284 g/mol. The third kappa shape index (κ3) is 2.17. The molecule has 2 heteroatoms. The monoisotopic (exact) mass is 312 g/mol. The molecule has 3 aliphatic carbocycles. The summed E-state index contributed by atoms with van der Waals surface area (Å²) in [6, 6.07) is 6.68. The van der Waals surface area contributed by atoms with Gasteiger partial charge in [-0.2, -0.15) is 0 Å². The SMILES string of the molecule is COc1ccc2c(c1)CC[C@@H]1[C@@H]2CC[C@]2(C)[C@@H](C(C)=O)CC[C@@H]12. The molecule has 0 heterocycles. The van der Waals surface area contributed by atoms with Crippen molar-refractivity contribution in [3.63, 3.8) is 0 Å². The van der Waals surface area contributed by atoms with Gasteiger partial charge >= 0.3 is 0 Å². The summed E-state index contributed by atoms with van der Waals surface area (Å²) < 4.78 is 5.40. The first-order valence-electron chi connectivity index (χ1n) is 9.22. The Morgan fingerprint density at radius 1 is 1.22 bits per heavy atom. The van der Waals surface area contributed by atoms with Crippen molar-refractivity contribution in [3.8, 4) is 5.75 Å². The minimum Gasteiger partial charge on any atom is -0.497 e. The highest BCUT2D eigenvalue weighted by atomic mass is 16.5. The van der Waals surface area contributed by atoms with Crippen LogP contribution in [0.5, 0.6) is 5.75 Å². The first-order valence-corrected chi connectivity index (χ1v) is 9.22. The Bertz CT molecular complexity index is 635. The Balaban J connectivity index is 1.66. The van der Waals surface area contributed by atoms with Crippen LogP contribution in [0.2, 0.25) is 0 Å². The number of ether oxygens (including phenoxy) is 1. The Hall–Kier alpha value is -1.31. The molecule has 2 nitrogen and oxygen atoms in total. The Labute approximate surface area is 139 Å². The van der Waals surface area contributed by atoms with E-state index in [1.165, 1.54) is 37.7 Å². The van der Waals surface area contributed by atoms with Crippen molar-refractivity contribution in [3.05, 3.63) is 29.3 Å². The van der Waals surface area contributed by atoms with E-state index >= 15 is 0 Å². The third-order valence-electron chi connectivity index (χ3n) is 7.42. The second kappa shape index (κ2) is 5.36. The van der Waals surface area contributed by atoms with Crippen molar-refractivity contribution in [1.82, 2.24) is 0 Å². The van der Waals surface area contributed by atoms with E-state index in [2.05, 4.69) is 25.1 Å². The van der Waals surface area contributed by atoms with E-state index in [1.807, 2.05) is 6.92 Å². The first-order chi connectivity index (χ1) is 11.0. The molecule has 0 amide bonds. The highest BCUT2D eigenvalue weighted by molar-refractivity contribution is 5.79. The van der Waals surface area contributed by atoms with Gasteiger partial charge < -0.3 is 4.74 Å². The van der Waals surface area contributed by atoms with Gasteiger partial charge in [0, 0.05) is 5.92 Å². The maximum Gasteiger partial charge on any atom is 0.133 e. The third-order valence-corrected chi connectivity index (χ3v) is 7.42. The second-order valence-electron chi connectivity index (χ2n) is 8.27. The maximum atomic E-state index is 12.1. The molecule has 0 aliphatic heterocycles. The molecule has 23 heavy (non-hydrogen) atoms. The number of ketones is 1. The average molecular weight is 312 g/mol. The number of methoxy groups -OCH3 is 1. The average Bonchev–Trinajstić information content (AvgIpc) is 2.91. The van der Waals surface area contributed by atoms with E-state index in [0.29, 0.717) is 17.6 Å². The van der Waals surface area contributed by atoms with Crippen molar-refractivity contribution in [1.29, 1.82) is 0 Å². The van der Waals surface area contributed by atoms with Gasteiger partial charge in [-0.15, -0.1) is 0 Å². The van der Waals surface area contributed by atoms with E-state index < -0.39 is 0 Å². The molecule has 0 N–H and O–H groups in total. The van der Waals surface area contributed by atoms with Gasteiger partial charge in [0.1, 0.15) is 11.5 Å². The van der Waals surface area contributed by atoms with Crippen molar-refractivity contribution in [2.45, 2.75) is 58.3 Å². The smallest absolute Gasteiger partial charge is 0.133 e. The zero-order chi connectivity index (χ0) is 16.2. The van der Waals surface area contributed by atoms with Crippen LogP contribution in [0.4, 0.5) is 0 Å². The number of hydrogen-bond donors (Lipinski definition) is 0.